The molecule has 2 aromatic rings. The number of hydrogen-bond donors (Lipinski definition) is 1. The number of nitrogens with one attached hydrogen (secondary N) is 1. The Labute approximate surface area is 152 Å². The summed E-state index contributed by atoms with van der Waals surface area (Å²) in [4.78, 5) is 11.8. The van der Waals surface area contributed by atoms with E-state index in [0.29, 0.717) is 24.3 Å². The molecule has 0 spiro atoms. The minimum atomic E-state index is -4.39. The van der Waals surface area contributed by atoms with Gasteiger partial charge in [-0.2, -0.15) is 13.2 Å². The van der Waals surface area contributed by atoms with Crippen LogP contribution in [0.5, 0.6) is 5.75 Å². The Morgan fingerprint density at radius 1 is 1.12 bits per heavy atom. The second-order valence-corrected chi connectivity index (χ2v) is 6.30. The summed E-state index contributed by atoms with van der Waals surface area (Å²) in [5, 5.41) is 2.62. The maximum atomic E-state index is 12.6. The summed E-state index contributed by atoms with van der Waals surface area (Å²) in [7, 11) is 0. The largest absolute Gasteiger partial charge is 0.494 e. The number of hydrogen-bond acceptors (Lipinski definition) is 2. The van der Waals surface area contributed by atoms with Crippen molar-refractivity contribution in [2.24, 2.45) is 0 Å². The fourth-order valence-electron chi connectivity index (χ4n) is 2.13. The molecule has 0 fully saturated rings. The third-order valence-electron chi connectivity index (χ3n) is 3.36. The van der Waals surface area contributed by atoms with Crippen molar-refractivity contribution in [1.29, 1.82) is 0 Å². The lowest BCUT2D eigenvalue weighted by molar-refractivity contribution is -0.137. The van der Waals surface area contributed by atoms with Crippen LogP contribution in [0.3, 0.4) is 0 Å². The summed E-state index contributed by atoms with van der Waals surface area (Å²) >= 11 is 3.34. The van der Waals surface area contributed by atoms with E-state index in [4.69, 9.17) is 4.74 Å². The van der Waals surface area contributed by atoms with E-state index >= 15 is 0 Å². The molecule has 0 unspecified atom stereocenters. The summed E-state index contributed by atoms with van der Waals surface area (Å²) in [5.41, 5.74) is -0.310. The van der Waals surface area contributed by atoms with Crippen LogP contribution in [0, 0.1) is 0 Å². The summed E-state index contributed by atoms with van der Waals surface area (Å²) < 4.78 is 44.3. The minimum Gasteiger partial charge on any atom is -0.494 e. The first-order chi connectivity index (χ1) is 11.8. The monoisotopic (exact) mass is 415 g/mol. The van der Waals surface area contributed by atoms with Crippen LogP contribution in [0.25, 0.3) is 0 Å². The Morgan fingerprint density at radius 3 is 2.60 bits per heavy atom. The molecule has 0 aliphatic rings. The molecule has 2 rings (SSSR count). The Bertz CT molecular complexity index is 719. The second-order valence-electron chi connectivity index (χ2n) is 5.38. The Balaban J connectivity index is 1.70. The fourth-order valence-corrected chi connectivity index (χ4v) is 2.50. The maximum Gasteiger partial charge on any atom is 0.416 e. The van der Waals surface area contributed by atoms with Gasteiger partial charge in [0.2, 0.25) is 5.91 Å². The Morgan fingerprint density at radius 2 is 1.88 bits per heavy atom. The predicted molar refractivity (Wildman–Crippen MR) is 92.2 cm³/mol. The Hall–Kier alpha value is -2.02. The average Bonchev–Trinajstić information content (AvgIpc) is 2.56. The first kappa shape index (κ1) is 19.3. The van der Waals surface area contributed by atoms with Gasteiger partial charge in [-0.15, -0.1) is 0 Å². The molecule has 0 saturated carbocycles. The third-order valence-corrected chi connectivity index (χ3v) is 3.85. The molecule has 0 aliphatic heterocycles. The highest BCUT2D eigenvalue weighted by molar-refractivity contribution is 9.10. The number of benzene rings is 2. The van der Waals surface area contributed by atoms with Crippen LogP contribution in [-0.2, 0) is 17.5 Å². The topological polar surface area (TPSA) is 38.3 Å². The molecule has 0 aliphatic carbocycles. The molecule has 1 N–H and O–H groups in total. The van der Waals surface area contributed by atoms with Gasteiger partial charge in [0.25, 0.3) is 0 Å². The van der Waals surface area contributed by atoms with Gasteiger partial charge >= 0.3 is 6.18 Å². The molecular formula is C18H17BrF3NO2. The van der Waals surface area contributed by atoms with Crippen molar-refractivity contribution < 1.29 is 22.7 Å². The van der Waals surface area contributed by atoms with E-state index < -0.39 is 11.7 Å². The fraction of sp³-hybridized carbons (Fsp3) is 0.278. The molecule has 3 nitrogen and oxygen atoms in total. The van der Waals surface area contributed by atoms with E-state index in [1.165, 1.54) is 6.07 Å². The van der Waals surface area contributed by atoms with Crippen molar-refractivity contribution in [3.63, 3.8) is 0 Å². The summed E-state index contributed by atoms with van der Waals surface area (Å²) in [6.07, 6.45) is -3.63. The van der Waals surface area contributed by atoms with Gasteiger partial charge in [0.05, 0.1) is 12.2 Å². The van der Waals surface area contributed by atoms with E-state index in [0.717, 1.165) is 16.6 Å². The highest BCUT2D eigenvalue weighted by atomic mass is 79.9. The number of halogens is 4. The van der Waals surface area contributed by atoms with Gasteiger partial charge in [-0.1, -0.05) is 34.1 Å². The highest BCUT2D eigenvalue weighted by Crippen LogP contribution is 2.29. The molecule has 134 valence electrons. The van der Waals surface area contributed by atoms with Gasteiger partial charge in [0.15, 0.2) is 0 Å². The van der Waals surface area contributed by atoms with Crippen LogP contribution in [0.4, 0.5) is 13.2 Å². The predicted octanol–water partition coefficient (Wildman–Crippen LogP) is 4.94. The van der Waals surface area contributed by atoms with E-state index in [9.17, 15) is 18.0 Å². The first-order valence-corrected chi connectivity index (χ1v) is 8.45. The van der Waals surface area contributed by atoms with Crippen molar-refractivity contribution in [2.75, 3.05) is 6.61 Å². The molecule has 1 amide bonds. The van der Waals surface area contributed by atoms with Gasteiger partial charge < -0.3 is 10.1 Å². The molecule has 7 heteroatoms. The minimum absolute atomic E-state index is 0.0647. The van der Waals surface area contributed by atoms with Gasteiger partial charge in [-0.3, -0.25) is 4.79 Å². The van der Waals surface area contributed by atoms with Gasteiger partial charge in [-0.05, 0) is 42.3 Å². The normalized spacial score (nSPS) is 11.2. The summed E-state index contributed by atoms with van der Waals surface area (Å²) in [6.45, 7) is 0.447. The number of rotatable bonds is 7. The van der Waals surface area contributed by atoms with E-state index in [2.05, 4.69) is 21.2 Å². The first-order valence-electron chi connectivity index (χ1n) is 7.66. The van der Waals surface area contributed by atoms with E-state index in [1.807, 2.05) is 24.3 Å². The number of ether oxygens (including phenoxy) is 1. The molecule has 0 saturated heterocycles. The van der Waals surface area contributed by atoms with E-state index in [-0.39, 0.29) is 18.9 Å². The van der Waals surface area contributed by atoms with Gasteiger partial charge in [-0.25, -0.2) is 0 Å². The number of carbonyl (C=O) groups is 1. The standard InChI is InChI=1S/C18H17BrF3NO2/c19-15-6-2-7-16(11-15)25-9-3-8-17(24)23-12-13-4-1-5-14(10-13)18(20,21)22/h1-2,4-7,10-11H,3,8-9,12H2,(H,23,24). The van der Waals surface area contributed by atoms with Crippen molar-refractivity contribution in [3.05, 3.63) is 64.1 Å². The average molecular weight is 416 g/mol. The lowest BCUT2D eigenvalue weighted by atomic mass is 10.1. The Kier molecular flexibility index (Phi) is 6.87. The van der Waals surface area contributed by atoms with Gasteiger partial charge in [0, 0.05) is 17.4 Å². The molecule has 0 radical (unpaired) electrons. The molecule has 0 atom stereocenters. The zero-order valence-corrected chi connectivity index (χ0v) is 14.9. The SMILES string of the molecule is O=C(CCCOc1cccc(Br)c1)NCc1cccc(C(F)(F)F)c1. The number of amides is 1. The summed E-state index contributed by atoms with van der Waals surface area (Å²) in [6, 6.07) is 12.3. The second kappa shape index (κ2) is 8.89. The zero-order chi connectivity index (χ0) is 18.3. The lowest BCUT2D eigenvalue weighted by Crippen LogP contribution is -2.23. The lowest BCUT2D eigenvalue weighted by Gasteiger charge is -2.10. The smallest absolute Gasteiger partial charge is 0.416 e. The van der Waals surface area contributed by atoms with Crippen LogP contribution in [0.15, 0.2) is 53.0 Å². The zero-order valence-electron chi connectivity index (χ0n) is 13.3. The molecule has 2 aromatic carbocycles. The molecule has 25 heavy (non-hydrogen) atoms. The van der Waals surface area contributed by atoms with Crippen LogP contribution >= 0.6 is 15.9 Å². The van der Waals surface area contributed by atoms with Gasteiger partial charge in [0.1, 0.15) is 5.75 Å². The molecule has 0 heterocycles. The third kappa shape index (κ3) is 6.78. The van der Waals surface area contributed by atoms with Crippen molar-refractivity contribution in [1.82, 2.24) is 5.32 Å². The maximum absolute atomic E-state index is 12.6. The molecule has 0 aromatic heterocycles. The van der Waals surface area contributed by atoms with Crippen LogP contribution in [0.1, 0.15) is 24.0 Å². The van der Waals surface area contributed by atoms with E-state index in [1.54, 1.807) is 6.07 Å². The summed E-state index contributed by atoms with van der Waals surface area (Å²) in [5.74, 6) is 0.481. The highest BCUT2D eigenvalue weighted by Gasteiger charge is 2.30. The van der Waals surface area contributed by atoms with Crippen LogP contribution in [0.2, 0.25) is 0 Å². The van der Waals surface area contributed by atoms with Crippen molar-refractivity contribution in [2.45, 2.75) is 25.6 Å². The number of carbonyl (C=O) groups excluding carboxylic acids is 1. The van der Waals surface area contributed by atoms with Crippen molar-refractivity contribution in [3.8, 4) is 5.75 Å². The molecular weight excluding hydrogens is 399 g/mol. The number of alkyl halides is 3. The quantitative estimate of drug-likeness (QED) is 0.650. The van der Waals surface area contributed by atoms with Crippen molar-refractivity contribution >= 4 is 21.8 Å². The van der Waals surface area contributed by atoms with Crippen LogP contribution in [-0.4, -0.2) is 12.5 Å². The molecule has 0 bridgehead atoms. The van der Waals surface area contributed by atoms with Crippen LogP contribution < -0.4 is 10.1 Å².